The molecule has 0 unspecified atom stereocenters. The van der Waals surface area contributed by atoms with Gasteiger partial charge in [-0.3, -0.25) is 0 Å². The smallest absolute Gasteiger partial charge is 0.0241 e. The van der Waals surface area contributed by atoms with Gasteiger partial charge < -0.3 is 15.0 Å². The molecule has 0 aliphatic heterocycles. The van der Waals surface area contributed by atoms with E-state index in [0.717, 1.165) is 0 Å². The minimum absolute atomic E-state index is 0. The summed E-state index contributed by atoms with van der Waals surface area (Å²) in [6.07, 6.45) is 5.09. The van der Waals surface area contributed by atoms with Crippen molar-refractivity contribution in [3.63, 3.8) is 0 Å². The van der Waals surface area contributed by atoms with Crippen LogP contribution in [-0.4, -0.2) is 15.0 Å². The van der Waals surface area contributed by atoms with Crippen molar-refractivity contribution in [2.45, 2.75) is 0 Å². The zero-order chi connectivity index (χ0) is 4.24. The van der Waals surface area contributed by atoms with Crippen LogP contribution in [0.1, 0.15) is 0 Å². The number of nitrogens with zero attached hydrogens (tertiary/aromatic N) is 3. The van der Waals surface area contributed by atoms with E-state index < -0.39 is 0 Å². The molecule has 0 bridgehead atoms. The number of rotatable bonds is 0. The Morgan fingerprint density at radius 2 is 1.71 bits per heavy atom. The SMILES string of the molecule is [Pd].[c-]1ncncn1. The Hall–Kier alpha value is -0.328. The normalized spacial score (nSPS) is 6.86. The Labute approximate surface area is 54.9 Å². The summed E-state index contributed by atoms with van der Waals surface area (Å²) < 4.78 is 0. The van der Waals surface area contributed by atoms with Gasteiger partial charge in [-0.05, 0) is 0 Å². The molecule has 4 heteroatoms. The average molecular weight is 186 g/mol. The maximum atomic E-state index is 3.53. The third-order valence-corrected chi connectivity index (χ3v) is 0.364. The molecule has 7 heavy (non-hydrogen) atoms. The maximum absolute atomic E-state index is 3.53. The second kappa shape index (κ2) is 3.85. The fourth-order valence-corrected chi connectivity index (χ4v) is 0.181. The Morgan fingerprint density at radius 1 is 1.14 bits per heavy atom. The monoisotopic (exact) mass is 186 g/mol. The van der Waals surface area contributed by atoms with Crippen LogP contribution in [0, 0.1) is 6.33 Å². The second-order valence-electron chi connectivity index (χ2n) is 0.738. The fourth-order valence-electron chi connectivity index (χ4n) is 0.181. The van der Waals surface area contributed by atoms with Gasteiger partial charge in [0.2, 0.25) is 0 Å². The van der Waals surface area contributed by atoms with E-state index >= 15 is 0 Å². The summed E-state index contributed by atoms with van der Waals surface area (Å²) in [6, 6.07) is 0. The van der Waals surface area contributed by atoms with Crippen LogP contribution in [0.2, 0.25) is 0 Å². The van der Waals surface area contributed by atoms with Gasteiger partial charge in [0.15, 0.2) is 0 Å². The molecule has 1 rings (SSSR count). The zero-order valence-corrected chi connectivity index (χ0v) is 4.87. The summed E-state index contributed by atoms with van der Waals surface area (Å²) in [5, 5.41) is 0. The molecule has 0 radical (unpaired) electrons. The van der Waals surface area contributed by atoms with Gasteiger partial charge in [0, 0.05) is 39.4 Å². The largest absolute Gasteiger partial charge is 0.355 e. The van der Waals surface area contributed by atoms with Crippen molar-refractivity contribution in [2.75, 3.05) is 0 Å². The number of hydrogen-bond donors (Lipinski definition) is 0. The van der Waals surface area contributed by atoms with Crippen LogP contribution < -0.4 is 0 Å². The van der Waals surface area contributed by atoms with Gasteiger partial charge in [0.25, 0.3) is 0 Å². The van der Waals surface area contributed by atoms with Gasteiger partial charge >= 0.3 is 0 Å². The first kappa shape index (κ1) is 6.67. The Balaban J connectivity index is 0.000000360. The van der Waals surface area contributed by atoms with Crippen LogP contribution in [0.5, 0.6) is 0 Å². The molecule has 3 nitrogen and oxygen atoms in total. The molecule has 0 aromatic carbocycles. The Kier molecular flexibility index (Phi) is 3.67. The quantitative estimate of drug-likeness (QED) is 0.411. The second-order valence-corrected chi connectivity index (χ2v) is 0.738. The van der Waals surface area contributed by atoms with E-state index in [-0.39, 0.29) is 20.4 Å². The summed E-state index contributed by atoms with van der Waals surface area (Å²) in [7, 11) is 0. The van der Waals surface area contributed by atoms with Crippen molar-refractivity contribution in [3.05, 3.63) is 19.0 Å². The van der Waals surface area contributed by atoms with Crippen LogP contribution in [0.25, 0.3) is 0 Å². The molecule has 0 N–H and O–H groups in total. The molecule has 0 aliphatic rings. The standard InChI is InChI=1S/C3H2N3.Pd/c1-4-2-6-3-5-1;/h1-2H;/q-1;. The minimum Gasteiger partial charge on any atom is -0.355 e. The summed E-state index contributed by atoms with van der Waals surface area (Å²) >= 11 is 0. The molecule has 1 aromatic heterocycles. The summed E-state index contributed by atoms with van der Waals surface area (Å²) in [4.78, 5) is 10.4. The minimum atomic E-state index is 0. The molecule has 0 spiro atoms. The van der Waals surface area contributed by atoms with Gasteiger partial charge in [-0.25, -0.2) is 0 Å². The van der Waals surface area contributed by atoms with Crippen molar-refractivity contribution in [1.82, 2.24) is 15.0 Å². The summed E-state index contributed by atoms with van der Waals surface area (Å²) in [5.74, 6) is 0. The molecule has 0 fully saturated rings. The molecule has 1 heterocycles. The van der Waals surface area contributed by atoms with E-state index in [9.17, 15) is 0 Å². The summed E-state index contributed by atoms with van der Waals surface area (Å²) in [5.41, 5.74) is 0. The predicted octanol–water partition coefficient (Wildman–Crippen LogP) is -0.331. The van der Waals surface area contributed by atoms with E-state index in [4.69, 9.17) is 0 Å². The topological polar surface area (TPSA) is 38.7 Å². The third-order valence-electron chi connectivity index (χ3n) is 0.364. The molecule has 0 amide bonds. The first-order valence-corrected chi connectivity index (χ1v) is 1.48. The van der Waals surface area contributed by atoms with E-state index in [1.165, 1.54) is 12.7 Å². The van der Waals surface area contributed by atoms with Crippen molar-refractivity contribution in [3.8, 4) is 0 Å². The van der Waals surface area contributed by atoms with Gasteiger partial charge in [-0.15, -0.1) is 0 Å². The van der Waals surface area contributed by atoms with Crippen molar-refractivity contribution < 1.29 is 20.4 Å². The zero-order valence-electron chi connectivity index (χ0n) is 3.31. The van der Waals surface area contributed by atoms with Crippen LogP contribution in [-0.2, 0) is 20.4 Å². The molecule has 0 saturated carbocycles. The predicted molar refractivity (Wildman–Crippen MR) is 18.7 cm³/mol. The van der Waals surface area contributed by atoms with Gasteiger partial charge in [0.05, 0.1) is 0 Å². The van der Waals surface area contributed by atoms with E-state index in [1.807, 2.05) is 0 Å². The van der Waals surface area contributed by atoms with E-state index in [1.54, 1.807) is 0 Å². The molecule has 0 atom stereocenters. The van der Waals surface area contributed by atoms with Gasteiger partial charge in [-0.2, -0.15) is 0 Å². The van der Waals surface area contributed by atoms with E-state index in [0.29, 0.717) is 0 Å². The Bertz CT molecular complexity index is 82.1. The van der Waals surface area contributed by atoms with Crippen LogP contribution in [0.15, 0.2) is 12.7 Å². The third kappa shape index (κ3) is 2.38. The average Bonchev–Trinajstić information content (AvgIpc) is 1.72. The van der Waals surface area contributed by atoms with Crippen molar-refractivity contribution in [1.29, 1.82) is 0 Å². The first-order chi connectivity index (χ1) is 3.00. The molecule has 0 aliphatic carbocycles. The molecule has 40 valence electrons. The number of aromatic nitrogens is 3. The first-order valence-electron chi connectivity index (χ1n) is 1.48. The van der Waals surface area contributed by atoms with Crippen molar-refractivity contribution >= 4 is 0 Å². The summed E-state index contributed by atoms with van der Waals surface area (Å²) in [6.45, 7) is 0. The maximum Gasteiger partial charge on any atom is 0.0241 e. The van der Waals surface area contributed by atoms with Crippen LogP contribution >= 0.6 is 0 Å². The molecular formula is C3H2N3Pd-. The van der Waals surface area contributed by atoms with Gasteiger partial charge in [0.1, 0.15) is 0 Å². The molecule has 0 saturated heterocycles. The van der Waals surface area contributed by atoms with Crippen LogP contribution in [0.4, 0.5) is 0 Å². The van der Waals surface area contributed by atoms with Crippen LogP contribution in [0.3, 0.4) is 0 Å². The fraction of sp³-hybridized carbons (Fsp3) is 0. The Morgan fingerprint density at radius 3 is 1.86 bits per heavy atom. The van der Waals surface area contributed by atoms with E-state index in [2.05, 4.69) is 21.3 Å². The molecule has 1 aromatic rings. The molecular weight excluding hydrogens is 184 g/mol. The van der Waals surface area contributed by atoms with Gasteiger partial charge in [-0.1, -0.05) is 0 Å². The van der Waals surface area contributed by atoms with Crippen molar-refractivity contribution in [2.24, 2.45) is 0 Å². The number of hydrogen-bond acceptors (Lipinski definition) is 3.